The van der Waals surface area contributed by atoms with E-state index in [4.69, 9.17) is 9.26 Å². The van der Waals surface area contributed by atoms with Gasteiger partial charge in [0.2, 0.25) is 11.7 Å². The summed E-state index contributed by atoms with van der Waals surface area (Å²) < 4.78 is 11.2. The van der Waals surface area contributed by atoms with E-state index >= 15 is 0 Å². The maximum atomic E-state index is 12.9. The van der Waals surface area contributed by atoms with Crippen LogP contribution < -0.4 is 0 Å². The number of fused-ring (bicyclic) bond motifs is 1. The van der Waals surface area contributed by atoms with Crippen LogP contribution in [-0.4, -0.2) is 45.6 Å². The first-order chi connectivity index (χ1) is 14.8. The summed E-state index contributed by atoms with van der Waals surface area (Å²) in [7, 11) is 0. The molecule has 0 bridgehead atoms. The van der Waals surface area contributed by atoms with Crippen LogP contribution in [0.3, 0.4) is 0 Å². The van der Waals surface area contributed by atoms with Crippen LogP contribution in [0, 0.1) is 0 Å². The normalized spacial score (nSPS) is 18.8. The molecule has 1 aromatic carbocycles. The van der Waals surface area contributed by atoms with Crippen molar-refractivity contribution in [3.05, 3.63) is 65.3 Å². The molecule has 1 aliphatic heterocycles. The zero-order valence-electron chi connectivity index (χ0n) is 16.8. The second-order valence-corrected chi connectivity index (χ2v) is 7.88. The molecule has 0 N–H and O–H groups in total. The summed E-state index contributed by atoms with van der Waals surface area (Å²) in [4.78, 5) is 23.2. The topological polar surface area (TPSA) is 81.4 Å². The van der Waals surface area contributed by atoms with Crippen molar-refractivity contribution in [2.24, 2.45) is 0 Å². The van der Waals surface area contributed by atoms with Crippen LogP contribution in [0.2, 0.25) is 0 Å². The van der Waals surface area contributed by atoms with E-state index < -0.39 is 6.10 Å². The Bertz CT molecular complexity index is 1030. The molecule has 2 aromatic heterocycles. The van der Waals surface area contributed by atoms with E-state index in [0.717, 1.165) is 24.0 Å². The van der Waals surface area contributed by atoms with Gasteiger partial charge < -0.3 is 14.2 Å². The Morgan fingerprint density at radius 2 is 1.93 bits per heavy atom. The van der Waals surface area contributed by atoms with Gasteiger partial charge in [0.15, 0.2) is 6.10 Å². The first-order valence-electron chi connectivity index (χ1n) is 10.5. The Hall–Kier alpha value is -3.06. The molecule has 3 heterocycles. The average Bonchev–Trinajstić information content (AvgIpc) is 3.30. The largest absolute Gasteiger partial charge is 0.365 e. The highest BCUT2D eigenvalue weighted by Gasteiger charge is 2.29. The summed E-state index contributed by atoms with van der Waals surface area (Å²) in [5, 5.41) is 4.04. The van der Waals surface area contributed by atoms with Gasteiger partial charge in [0.05, 0.1) is 19.6 Å². The highest BCUT2D eigenvalue weighted by molar-refractivity contribution is 5.79. The molecule has 0 unspecified atom stereocenters. The molecular formula is C23H24N4O3. The number of benzene rings is 1. The Kier molecular flexibility index (Phi) is 5.27. The second kappa shape index (κ2) is 8.36. The third kappa shape index (κ3) is 3.98. The third-order valence-corrected chi connectivity index (χ3v) is 5.84. The van der Waals surface area contributed by atoms with Crippen molar-refractivity contribution in [2.75, 3.05) is 19.7 Å². The number of ether oxygens (including phenoxy) is 1. The maximum absolute atomic E-state index is 12.9. The number of aromatic nitrogens is 3. The molecule has 1 atom stereocenters. The predicted molar refractivity (Wildman–Crippen MR) is 110 cm³/mol. The number of morpholine rings is 1. The Morgan fingerprint density at radius 3 is 2.80 bits per heavy atom. The third-order valence-electron chi connectivity index (χ3n) is 5.84. The molecule has 7 nitrogen and oxygen atoms in total. The SMILES string of the molecule is O=C(Cc1ccc2c(c1)CCCC2)N1CCO[C@H](c2nc(-c3ccncc3)no2)C1. The van der Waals surface area contributed by atoms with Crippen LogP contribution in [0.4, 0.5) is 0 Å². The van der Waals surface area contributed by atoms with Crippen molar-refractivity contribution in [1.82, 2.24) is 20.0 Å². The number of nitrogens with zero attached hydrogens (tertiary/aromatic N) is 4. The van der Waals surface area contributed by atoms with E-state index in [0.29, 0.717) is 37.8 Å². The summed E-state index contributed by atoms with van der Waals surface area (Å²) in [6.07, 6.45) is 8.14. The van der Waals surface area contributed by atoms with Crippen LogP contribution in [-0.2, 0) is 28.8 Å². The van der Waals surface area contributed by atoms with E-state index in [1.54, 1.807) is 12.4 Å². The molecule has 2 aliphatic rings. The van der Waals surface area contributed by atoms with E-state index in [2.05, 4.69) is 33.3 Å². The first-order valence-corrected chi connectivity index (χ1v) is 10.5. The molecule has 5 rings (SSSR count). The monoisotopic (exact) mass is 404 g/mol. The number of carbonyl (C=O) groups is 1. The van der Waals surface area contributed by atoms with Gasteiger partial charge in [-0.05, 0) is 54.5 Å². The molecule has 0 radical (unpaired) electrons. The summed E-state index contributed by atoms with van der Waals surface area (Å²) in [5.41, 5.74) is 4.75. The van der Waals surface area contributed by atoms with Gasteiger partial charge in [-0.3, -0.25) is 9.78 Å². The number of pyridine rings is 1. The smallest absolute Gasteiger partial charge is 0.257 e. The van der Waals surface area contributed by atoms with Crippen molar-refractivity contribution >= 4 is 5.91 Å². The van der Waals surface area contributed by atoms with E-state index in [1.807, 2.05) is 17.0 Å². The molecule has 0 saturated carbocycles. The summed E-state index contributed by atoms with van der Waals surface area (Å²) in [6, 6.07) is 10.1. The van der Waals surface area contributed by atoms with Gasteiger partial charge in [-0.15, -0.1) is 0 Å². The van der Waals surface area contributed by atoms with Gasteiger partial charge in [-0.2, -0.15) is 4.98 Å². The fraction of sp³-hybridized carbons (Fsp3) is 0.391. The van der Waals surface area contributed by atoms with Crippen LogP contribution in [0.5, 0.6) is 0 Å². The quantitative estimate of drug-likeness (QED) is 0.664. The molecular weight excluding hydrogens is 380 g/mol. The molecule has 154 valence electrons. The van der Waals surface area contributed by atoms with Crippen molar-refractivity contribution < 1.29 is 14.1 Å². The Balaban J connectivity index is 1.25. The minimum absolute atomic E-state index is 0.105. The number of amides is 1. The lowest BCUT2D eigenvalue weighted by atomic mass is 9.90. The highest BCUT2D eigenvalue weighted by atomic mass is 16.5. The van der Waals surface area contributed by atoms with Gasteiger partial charge in [0, 0.05) is 24.5 Å². The maximum Gasteiger partial charge on any atom is 0.257 e. The molecule has 1 saturated heterocycles. The number of hydrogen-bond acceptors (Lipinski definition) is 6. The van der Waals surface area contributed by atoms with Crippen LogP contribution in [0.1, 0.15) is 41.5 Å². The number of carbonyl (C=O) groups excluding carboxylic acids is 1. The zero-order chi connectivity index (χ0) is 20.3. The van der Waals surface area contributed by atoms with Gasteiger partial charge >= 0.3 is 0 Å². The zero-order valence-corrected chi connectivity index (χ0v) is 16.8. The lowest BCUT2D eigenvalue weighted by Gasteiger charge is -2.31. The van der Waals surface area contributed by atoms with Crippen LogP contribution >= 0.6 is 0 Å². The van der Waals surface area contributed by atoms with Gasteiger partial charge in [0.25, 0.3) is 5.89 Å². The minimum atomic E-state index is -0.408. The molecule has 3 aromatic rings. The summed E-state index contributed by atoms with van der Waals surface area (Å²) >= 11 is 0. The fourth-order valence-corrected chi connectivity index (χ4v) is 4.19. The molecule has 0 spiro atoms. The summed E-state index contributed by atoms with van der Waals surface area (Å²) in [6.45, 7) is 1.45. The average molecular weight is 404 g/mol. The van der Waals surface area contributed by atoms with E-state index in [9.17, 15) is 4.79 Å². The number of aryl methyl sites for hydroxylation is 2. The van der Waals surface area contributed by atoms with E-state index in [-0.39, 0.29) is 5.91 Å². The van der Waals surface area contributed by atoms with Crippen LogP contribution in [0.15, 0.2) is 47.2 Å². The van der Waals surface area contributed by atoms with Gasteiger partial charge in [-0.1, -0.05) is 23.4 Å². The predicted octanol–water partition coefficient (Wildman–Crippen LogP) is 3.15. The molecule has 1 aliphatic carbocycles. The molecule has 1 fully saturated rings. The number of hydrogen-bond donors (Lipinski definition) is 0. The lowest BCUT2D eigenvalue weighted by molar-refractivity contribution is -0.139. The minimum Gasteiger partial charge on any atom is -0.365 e. The first kappa shape index (κ1) is 18.9. The van der Waals surface area contributed by atoms with Crippen molar-refractivity contribution in [2.45, 2.75) is 38.2 Å². The van der Waals surface area contributed by atoms with Crippen LogP contribution in [0.25, 0.3) is 11.4 Å². The summed E-state index contributed by atoms with van der Waals surface area (Å²) in [5.74, 6) is 0.995. The lowest BCUT2D eigenvalue weighted by Crippen LogP contribution is -2.43. The second-order valence-electron chi connectivity index (χ2n) is 7.88. The highest BCUT2D eigenvalue weighted by Crippen LogP contribution is 2.25. The van der Waals surface area contributed by atoms with Gasteiger partial charge in [0.1, 0.15) is 0 Å². The van der Waals surface area contributed by atoms with Crippen molar-refractivity contribution in [1.29, 1.82) is 0 Å². The van der Waals surface area contributed by atoms with E-state index in [1.165, 1.54) is 24.0 Å². The standard InChI is InChI=1S/C23H24N4O3/c28-21(14-16-5-6-17-3-1-2-4-19(17)13-16)27-11-12-29-20(15-27)23-25-22(26-30-23)18-7-9-24-10-8-18/h5-10,13,20H,1-4,11-12,14-15H2/t20-/m0/s1. The Labute approximate surface area is 175 Å². The molecule has 7 heteroatoms. The number of rotatable bonds is 4. The van der Waals surface area contributed by atoms with Crippen molar-refractivity contribution in [3.63, 3.8) is 0 Å². The fourth-order valence-electron chi connectivity index (χ4n) is 4.19. The molecule has 30 heavy (non-hydrogen) atoms. The molecule has 1 amide bonds. The Morgan fingerprint density at radius 1 is 1.10 bits per heavy atom. The van der Waals surface area contributed by atoms with Crippen molar-refractivity contribution in [3.8, 4) is 11.4 Å². The van der Waals surface area contributed by atoms with Gasteiger partial charge in [-0.25, -0.2) is 0 Å².